The summed E-state index contributed by atoms with van der Waals surface area (Å²) in [5.41, 5.74) is 8.71. The van der Waals surface area contributed by atoms with Crippen LogP contribution in [0.25, 0.3) is 0 Å². The smallest absolute Gasteiger partial charge is 0.127 e. The zero-order valence-corrected chi connectivity index (χ0v) is 11.0. The highest BCUT2D eigenvalue weighted by molar-refractivity contribution is 9.10. The van der Waals surface area contributed by atoms with Crippen LogP contribution in [0.15, 0.2) is 34.9 Å². The number of benzene rings is 1. The van der Waals surface area contributed by atoms with Gasteiger partial charge >= 0.3 is 0 Å². The molecular weight excluding hydrogens is 283 g/mol. The summed E-state index contributed by atoms with van der Waals surface area (Å²) in [5, 5.41) is 0. The number of halogens is 2. The zero-order valence-electron chi connectivity index (χ0n) is 9.37. The van der Waals surface area contributed by atoms with Crippen LogP contribution in [0, 0.1) is 12.7 Å². The third kappa shape index (κ3) is 2.64. The maximum absolute atomic E-state index is 13.2. The molecule has 0 aliphatic heterocycles. The van der Waals surface area contributed by atoms with Gasteiger partial charge in [0.15, 0.2) is 0 Å². The summed E-state index contributed by atoms with van der Waals surface area (Å²) in [5.74, 6) is 0.254. The lowest BCUT2D eigenvalue weighted by atomic mass is 10.0. The minimum Gasteiger partial charge on any atom is -0.383 e. The number of aryl methyl sites for hydroxylation is 1. The highest BCUT2D eigenvalue weighted by atomic mass is 79.9. The van der Waals surface area contributed by atoms with Crippen LogP contribution in [-0.2, 0) is 6.42 Å². The number of nitrogens with zero attached hydrogens (tertiary/aromatic N) is 1. The average Bonchev–Trinajstić information content (AvgIpc) is 2.28. The third-order valence-corrected chi connectivity index (χ3v) is 3.47. The molecule has 0 aliphatic rings. The second kappa shape index (κ2) is 4.84. The Morgan fingerprint density at radius 3 is 2.82 bits per heavy atom. The van der Waals surface area contributed by atoms with E-state index < -0.39 is 0 Å². The Balaban J connectivity index is 2.41. The van der Waals surface area contributed by atoms with E-state index in [1.165, 1.54) is 12.1 Å². The van der Waals surface area contributed by atoms with E-state index in [-0.39, 0.29) is 5.82 Å². The predicted octanol–water partition coefficient (Wildman–Crippen LogP) is 3.46. The maximum atomic E-state index is 13.2. The van der Waals surface area contributed by atoms with Crippen molar-refractivity contribution in [1.82, 2.24) is 4.98 Å². The van der Waals surface area contributed by atoms with Crippen LogP contribution in [0.4, 0.5) is 10.2 Å². The summed E-state index contributed by atoms with van der Waals surface area (Å²) < 4.78 is 14.1. The number of anilines is 1. The van der Waals surface area contributed by atoms with Gasteiger partial charge in [0, 0.05) is 22.7 Å². The lowest BCUT2D eigenvalue weighted by molar-refractivity contribution is 0.625. The fraction of sp³-hybridized carbons (Fsp3) is 0.154. The highest BCUT2D eigenvalue weighted by Gasteiger charge is 2.08. The van der Waals surface area contributed by atoms with Crippen molar-refractivity contribution in [2.75, 3.05) is 5.73 Å². The first-order valence-corrected chi connectivity index (χ1v) is 6.01. The number of nitrogen functional groups attached to an aromatic ring is 1. The molecular formula is C13H12BrFN2. The van der Waals surface area contributed by atoms with E-state index in [9.17, 15) is 4.39 Å². The van der Waals surface area contributed by atoms with E-state index in [0.29, 0.717) is 12.2 Å². The van der Waals surface area contributed by atoms with Gasteiger partial charge in [0.1, 0.15) is 11.6 Å². The van der Waals surface area contributed by atoms with Crippen molar-refractivity contribution >= 4 is 21.7 Å². The molecule has 0 fully saturated rings. The molecule has 2 aromatic rings. The molecule has 2 nitrogen and oxygen atoms in total. The van der Waals surface area contributed by atoms with Crippen molar-refractivity contribution < 1.29 is 4.39 Å². The molecule has 88 valence electrons. The molecule has 2 N–H and O–H groups in total. The molecule has 0 bridgehead atoms. The van der Waals surface area contributed by atoms with Gasteiger partial charge in [-0.25, -0.2) is 9.37 Å². The van der Waals surface area contributed by atoms with Crippen molar-refractivity contribution in [1.29, 1.82) is 0 Å². The van der Waals surface area contributed by atoms with E-state index in [0.717, 1.165) is 21.2 Å². The predicted molar refractivity (Wildman–Crippen MR) is 70.3 cm³/mol. The number of hydrogen-bond donors (Lipinski definition) is 1. The van der Waals surface area contributed by atoms with Gasteiger partial charge < -0.3 is 5.73 Å². The molecule has 0 spiro atoms. The molecule has 0 amide bonds. The van der Waals surface area contributed by atoms with Crippen LogP contribution < -0.4 is 5.73 Å². The van der Waals surface area contributed by atoms with Crippen molar-refractivity contribution in [3.63, 3.8) is 0 Å². The lowest BCUT2D eigenvalue weighted by Gasteiger charge is -2.10. The van der Waals surface area contributed by atoms with Crippen molar-refractivity contribution in [2.24, 2.45) is 0 Å². The number of hydrogen-bond acceptors (Lipinski definition) is 2. The Labute approximate surface area is 108 Å². The number of aromatic nitrogens is 1. The van der Waals surface area contributed by atoms with Gasteiger partial charge in [-0.05, 0) is 42.3 Å². The van der Waals surface area contributed by atoms with E-state index >= 15 is 0 Å². The van der Waals surface area contributed by atoms with E-state index in [1.54, 1.807) is 12.3 Å². The van der Waals surface area contributed by atoms with Crippen LogP contribution in [0.5, 0.6) is 0 Å². The number of nitrogens with two attached hydrogens (primary N) is 1. The Kier molecular flexibility index (Phi) is 3.43. The molecule has 0 atom stereocenters. The first-order chi connectivity index (χ1) is 8.08. The SMILES string of the molecule is Cc1ccnc(N)c1Cc1cc(F)ccc1Br. The Morgan fingerprint density at radius 2 is 2.12 bits per heavy atom. The Bertz CT molecular complexity index is 535. The summed E-state index contributed by atoms with van der Waals surface area (Å²) in [4.78, 5) is 4.06. The fourth-order valence-electron chi connectivity index (χ4n) is 1.71. The molecule has 1 heterocycles. The molecule has 0 unspecified atom stereocenters. The average molecular weight is 295 g/mol. The molecule has 1 aromatic carbocycles. The Morgan fingerprint density at radius 1 is 1.35 bits per heavy atom. The van der Waals surface area contributed by atoms with Gasteiger partial charge in [0.25, 0.3) is 0 Å². The van der Waals surface area contributed by atoms with E-state index in [2.05, 4.69) is 20.9 Å². The van der Waals surface area contributed by atoms with Gasteiger partial charge in [0.05, 0.1) is 0 Å². The first kappa shape index (κ1) is 12.0. The minimum absolute atomic E-state index is 0.247. The summed E-state index contributed by atoms with van der Waals surface area (Å²) in [7, 11) is 0. The second-order valence-electron chi connectivity index (χ2n) is 3.90. The molecule has 0 radical (unpaired) electrons. The van der Waals surface area contributed by atoms with E-state index in [1.807, 2.05) is 13.0 Å². The minimum atomic E-state index is -0.247. The lowest BCUT2D eigenvalue weighted by Crippen LogP contribution is -2.01. The first-order valence-electron chi connectivity index (χ1n) is 5.22. The molecule has 4 heteroatoms. The summed E-state index contributed by atoms with van der Waals surface area (Å²) in [6.45, 7) is 1.97. The quantitative estimate of drug-likeness (QED) is 0.921. The summed E-state index contributed by atoms with van der Waals surface area (Å²) in [6, 6.07) is 6.54. The van der Waals surface area contributed by atoms with Crippen LogP contribution in [0.3, 0.4) is 0 Å². The molecule has 1 aromatic heterocycles. The largest absolute Gasteiger partial charge is 0.383 e. The fourth-order valence-corrected chi connectivity index (χ4v) is 2.10. The van der Waals surface area contributed by atoms with Crippen LogP contribution in [0.1, 0.15) is 16.7 Å². The zero-order chi connectivity index (χ0) is 12.4. The van der Waals surface area contributed by atoms with Crippen LogP contribution >= 0.6 is 15.9 Å². The molecule has 2 rings (SSSR count). The highest BCUT2D eigenvalue weighted by Crippen LogP contribution is 2.24. The van der Waals surface area contributed by atoms with Gasteiger partial charge in [-0.2, -0.15) is 0 Å². The van der Waals surface area contributed by atoms with Gasteiger partial charge in [-0.15, -0.1) is 0 Å². The molecule has 0 saturated carbocycles. The van der Waals surface area contributed by atoms with Gasteiger partial charge in [-0.1, -0.05) is 15.9 Å². The Hall–Kier alpha value is -1.42. The maximum Gasteiger partial charge on any atom is 0.127 e. The van der Waals surface area contributed by atoms with Crippen LogP contribution in [-0.4, -0.2) is 4.98 Å². The normalized spacial score (nSPS) is 10.5. The molecule has 0 aliphatic carbocycles. The van der Waals surface area contributed by atoms with Crippen LogP contribution in [0.2, 0.25) is 0 Å². The van der Waals surface area contributed by atoms with Gasteiger partial charge in [-0.3, -0.25) is 0 Å². The molecule has 0 saturated heterocycles. The molecule has 17 heavy (non-hydrogen) atoms. The number of rotatable bonds is 2. The third-order valence-electron chi connectivity index (χ3n) is 2.70. The van der Waals surface area contributed by atoms with E-state index in [4.69, 9.17) is 5.73 Å². The van der Waals surface area contributed by atoms with Crippen molar-refractivity contribution in [3.8, 4) is 0 Å². The number of pyridine rings is 1. The summed E-state index contributed by atoms with van der Waals surface area (Å²) in [6.07, 6.45) is 2.25. The second-order valence-corrected chi connectivity index (χ2v) is 4.76. The topological polar surface area (TPSA) is 38.9 Å². The van der Waals surface area contributed by atoms with Gasteiger partial charge in [0.2, 0.25) is 0 Å². The van der Waals surface area contributed by atoms with Crippen molar-refractivity contribution in [3.05, 3.63) is 57.4 Å². The summed E-state index contributed by atoms with van der Waals surface area (Å²) >= 11 is 3.41. The standard InChI is InChI=1S/C13H12BrFN2/c1-8-4-5-17-13(16)11(8)7-9-6-10(15)2-3-12(9)14/h2-6H,7H2,1H3,(H2,16,17). The van der Waals surface area contributed by atoms with Crippen molar-refractivity contribution in [2.45, 2.75) is 13.3 Å². The monoisotopic (exact) mass is 294 g/mol.